The van der Waals surface area contributed by atoms with Crippen LogP contribution in [-0.4, -0.2) is 46.6 Å². The molecule has 5 heteroatoms. The first kappa shape index (κ1) is 17.3. The van der Waals surface area contributed by atoms with Crippen LogP contribution in [0, 0.1) is 5.41 Å². The lowest BCUT2D eigenvalue weighted by atomic mass is 9.91. The molecule has 126 valence electrons. The average molecular weight is 310 g/mol. The molecular formula is C17H30N2O3. The monoisotopic (exact) mass is 310 g/mol. The van der Waals surface area contributed by atoms with Gasteiger partial charge >= 0.3 is 0 Å². The second-order valence-corrected chi connectivity index (χ2v) is 7.95. The Morgan fingerprint density at radius 3 is 2.45 bits per heavy atom. The van der Waals surface area contributed by atoms with E-state index in [2.05, 4.69) is 5.32 Å². The second kappa shape index (κ2) is 6.99. The molecule has 1 saturated carbocycles. The van der Waals surface area contributed by atoms with Crippen LogP contribution in [0.4, 0.5) is 0 Å². The van der Waals surface area contributed by atoms with Gasteiger partial charge in [0.15, 0.2) is 0 Å². The van der Waals surface area contributed by atoms with Gasteiger partial charge in [-0.3, -0.25) is 9.59 Å². The van der Waals surface area contributed by atoms with Gasteiger partial charge in [0.1, 0.15) is 6.04 Å². The highest BCUT2D eigenvalue weighted by molar-refractivity contribution is 5.88. The second-order valence-electron chi connectivity index (χ2n) is 7.95. The zero-order valence-electron chi connectivity index (χ0n) is 14.1. The van der Waals surface area contributed by atoms with Crippen molar-refractivity contribution in [2.45, 2.75) is 83.9 Å². The number of aliphatic hydroxyl groups is 1. The Bertz CT molecular complexity index is 417. The van der Waals surface area contributed by atoms with Crippen LogP contribution >= 0.6 is 0 Å². The third kappa shape index (κ3) is 4.45. The molecule has 2 fully saturated rings. The Balaban J connectivity index is 1.94. The van der Waals surface area contributed by atoms with Crippen LogP contribution in [-0.2, 0) is 9.59 Å². The van der Waals surface area contributed by atoms with E-state index in [4.69, 9.17) is 0 Å². The summed E-state index contributed by atoms with van der Waals surface area (Å²) in [7, 11) is 0. The molecule has 22 heavy (non-hydrogen) atoms. The summed E-state index contributed by atoms with van der Waals surface area (Å²) in [5.74, 6) is -0.0277. The van der Waals surface area contributed by atoms with E-state index in [9.17, 15) is 14.7 Å². The summed E-state index contributed by atoms with van der Waals surface area (Å²) in [4.78, 5) is 26.7. The maximum absolute atomic E-state index is 12.5. The molecule has 2 amide bonds. The summed E-state index contributed by atoms with van der Waals surface area (Å²) in [5, 5.41) is 13.0. The lowest BCUT2D eigenvalue weighted by Gasteiger charge is -2.32. The minimum atomic E-state index is -0.446. The van der Waals surface area contributed by atoms with Gasteiger partial charge in [-0.15, -0.1) is 0 Å². The van der Waals surface area contributed by atoms with Gasteiger partial charge in [0, 0.05) is 13.0 Å². The van der Waals surface area contributed by atoms with Gasteiger partial charge in [-0.1, -0.05) is 33.6 Å². The Morgan fingerprint density at radius 2 is 1.82 bits per heavy atom. The summed E-state index contributed by atoms with van der Waals surface area (Å²) in [6.45, 7) is 6.78. The molecule has 5 nitrogen and oxygen atoms in total. The van der Waals surface area contributed by atoms with E-state index in [0.29, 0.717) is 13.0 Å². The zero-order chi connectivity index (χ0) is 16.3. The van der Waals surface area contributed by atoms with Crippen molar-refractivity contribution in [3.05, 3.63) is 0 Å². The highest BCUT2D eigenvalue weighted by Crippen LogP contribution is 2.25. The first-order chi connectivity index (χ1) is 10.3. The van der Waals surface area contributed by atoms with E-state index >= 15 is 0 Å². The van der Waals surface area contributed by atoms with E-state index in [1.807, 2.05) is 20.8 Å². The molecular weight excluding hydrogens is 280 g/mol. The summed E-state index contributed by atoms with van der Waals surface area (Å²) >= 11 is 0. The largest absolute Gasteiger partial charge is 0.391 e. The fourth-order valence-corrected chi connectivity index (χ4v) is 3.45. The molecule has 0 bridgehead atoms. The quantitative estimate of drug-likeness (QED) is 0.835. The number of hydrogen-bond acceptors (Lipinski definition) is 3. The lowest BCUT2D eigenvalue weighted by molar-refractivity contribution is -0.140. The number of nitrogens with one attached hydrogen (secondary N) is 1. The highest BCUT2D eigenvalue weighted by atomic mass is 16.3. The minimum absolute atomic E-state index is 0.0642. The van der Waals surface area contributed by atoms with Crippen LogP contribution in [0.5, 0.6) is 0 Å². The maximum atomic E-state index is 12.5. The molecule has 0 radical (unpaired) electrons. The molecule has 1 saturated heterocycles. The summed E-state index contributed by atoms with van der Waals surface area (Å²) < 4.78 is 0. The van der Waals surface area contributed by atoms with E-state index in [0.717, 1.165) is 38.5 Å². The number of likely N-dealkylation sites (tertiary alicyclic amines) is 1. The third-order valence-electron chi connectivity index (χ3n) is 4.61. The first-order valence-electron chi connectivity index (χ1n) is 8.56. The molecule has 2 aliphatic rings. The summed E-state index contributed by atoms with van der Waals surface area (Å²) in [6.07, 6.45) is 5.26. The number of amides is 2. The fraction of sp³-hybridized carbons (Fsp3) is 0.882. The van der Waals surface area contributed by atoms with Gasteiger partial charge in [0.2, 0.25) is 11.8 Å². The molecule has 3 unspecified atom stereocenters. The van der Waals surface area contributed by atoms with E-state index in [-0.39, 0.29) is 29.3 Å². The van der Waals surface area contributed by atoms with Crippen molar-refractivity contribution >= 4 is 11.8 Å². The van der Waals surface area contributed by atoms with Gasteiger partial charge in [0.05, 0.1) is 12.1 Å². The minimum Gasteiger partial charge on any atom is -0.391 e. The van der Waals surface area contributed by atoms with E-state index < -0.39 is 6.10 Å². The Morgan fingerprint density at radius 1 is 1.14 bits per heavy atom. The van der Waals surface area contributed by atoms with Crippen molar-refractivity contribution in [3.8, 4) is 0 Å². The number of carbonyl (C=O) groups is 2. The molecule has 0 aromatic rings. The number of carbonyl (C=O) groups excluding carboxylic acids is 2. The molecule has 0 spiro atoms. The van der Waals surface area contributed by atoms with Crippen molar-refractivity contribution in [2.75, 3.05) is 6.54 Å². The normalized spacial score (nSPS) is 29.5. The molecule has 0 aromatic carbocycles. The number of rotatable bonds is 3. The van der Waals surface area contributed by atoms with Crippen molar-refractivity contribution in [3.63, 3.8) is 0 Å². The van der Waals surface area contributed by atoms with Gasteiger partial charge < -0.3 is 15.3 Å². The van der Waals surface area contributed by atoms with Crippen molar-refractivity contribution in [1.82, 2.24) is 10.2 Å². The SMILES string of the molecule is CC(C)(C)CC(=O)N1CCCC1C(=O)NC1CCCCC1O. The van der Waals surface area contributed by atoms with Crippen LogP contribution in [0.2, 0.25) is 0 Å². The average Bonchev–Trinajstić information content (AvgIpc) is 2.89. The predicted molar refractivity (Wildman–Crippen MR) is 85.2 cm³/mol. The standard InChI is InChI=1S/C17H30N2O3/c1-17(2,3)11-15(21)19-10-6-8-13(19)16(22)18-12-7-4-5-9-14(12)20/h12-14,20H,4-11H2,1-3H3,(H,18,22). The maximum Gasteiger partial charge on any atom is 0.243 e. The molecule has 1 heterocycles. The number of aliphatic hydroxyl groups excluding tert-OH is 1. The van der Waals surface area contributed by atoms with Gasteiger partial charge in [-0.25, -0.2) is 0 Å². The molecule has 3 atom stereocenters. The van der Waals surface area contributed by atoms with Gasteiger partial charge in [0.25, 0.3) is 0 Å². The van der Waals surface area contributed by atoms with Crippen LogP contribution < -0.4 is 5.32 Å². The topological polar surface area (TPSA) is 69.6 Å². The van der Waals surface area contributed by atoms with Crippen LogP contribution in [0.15, 0.2) is 0 Å². The smallest absolute Gasteiger partial charge is 0.243 e. The Kier molecular flexibility index (Phi) is 5.48. The molecule has 2 N–H and O–H groups in total. The van der Waals surface area contributed by atoms with Gasteiger partial charge in [-0.2, -0.15) is 0 Å². The van der Waals surface area contributed by atoms with Crippen LogP contribution in [0.1, 0.15) is 65.7 Å². The molecule has 2 rings (SSSR count). The Hall–Kier alpha value is -1.10. The highest BCUT2D eigenvalue weighted by Gasteiger charge is 2.37. The lowest BCUT2D eigenvalue weighted by Crippen LogP contribution is -2.52. The predicted octanol–water partition coefficient (Wildman–Crippen LogP) is 1.83. The van der Waals surface area contributed by atoms with Crippen LogP contribution in [0.25, 0.3) is 0 Å². The summed E-state index contributed by atoms with van der Waals surface area (Å²) in [5.41, 5.74) is -0.0692. The number of hydrogen-bond donors (Lipinski definition) is 2. The number of nitrogens with zero attached hydrogens (tertiary/aromatic N) is 1. The van der Waals surface area contributed by atoms with Crippen LogP contribution in [0.3, 0.4) is 0 Å². The van der Waals surface area contributed by atoms with Crippen molar-refractivity contribution in [1.29, 1.82) is 0 Å². The van der Waals surface area contributed by atoms with Crippen molar-refractivity contribution < 1.29 is 14.7 Å². The summed E-state index contributed by atoms with van der Waals surface area (Å²) in [6, 6.07) is -0.509. The molecule has 1 aliphatic carbocycles. The third-order valence-corrected chi connectivity index (χ3v) is 4.61. The van der Waals surface area contributed by atoms with Gasteiger partial charge in [-0.05, 0) is 31.1 Å². The fourth-order valence-electron chi connectivity index (χ4n) is 3.45. The van der Waals surface area contributed by atoms with Crippen molar-refractivity contribution in [2.24, 2.45) is 5.41 Å². The van der Waals surface area contributed by atoms with E-state index in [1.54, 1.807) is 4.90 Å². The first-order valence-corrected chi connectivity index (χ1v) is 8.56. The Labute approximate surface area is 133 Å². The van der Waals surface area contributed by atoms with E-state index in [1.165, 1.54) is 0 Å². The molecule has 0 aromatic heterocycles. The zero-order valence-corrected chi connectivity index (χ0v) is 14.1. The molecule has 1 aliphatic heterocycles.